The van der Waals surface area contributed by atoms with Gasteiger partial charge in [-0.15, -0.1) is 0 Å². The Kier molecular flexibility index (Phi) is 3.86. The second kappa shape index (κ2) is 5.38. The Balaban J connectivity index is 2.38. The van der Waals surface area contributed by atoms with E-state index in [0.717, 1.165) is 28.0 Å². The zero-order valence-corrected chi connectivity index (χ0v) is 11.2. The predicted molar refractivity (Wildman–Crippen MR) is 72.7 cm³/mol. The number of hydrogen-bond donors (Lipinski definition) is 1. The molecule has 0 amide bonds. The summed E-state index contributed by atoms with van der Waals surface area (Å²) < 4.78 is 1.07. The average molecular weight is 292 g/mol. The Labute approximate surface area is 109 Å². The van der Waals surface area contributed by atoms with Crippen molar-refractivity contribution < 1.29 is 0 Å². The highest BCUT2D eigenvalue weighted by molar-refractivity contribution is 9.10. The van der Waals surface area contributed by atoms with Crippen molar-refractivity contribution >= 4 is 15.9 Å². The van der Waals surface area contributed by atoms with Crippen LogP contribution in [0.3, 0.4) is 0 Å². The van der Waals surface area contributed by atoms with Crippen molar-refractivity contribution in [3.8, 4) is 11.4 Å². The van der Waals surface area contributed by atoms with Gasteiger partial charge in [0.2, 0.25) is 0 Å². The highest BCUT2D eigenvalue weighted by Crippen LogP contribution is 2.23. The normalized spacial score (nSPS) is 10.5. The van der Waals surface area contributed by atoms with Gasteiger partial charge in [-0.2, -0.15) is 0 Å². The SMILES string of the molecule is Cc1ccc(-c2nccc(CCN)n2)cc1Br. The van der Waals surface area contributed by atoms with E-state index in [2.05, 4.69) is 38.9 Å². The van der Waals surface area contributed by atoms with Gasteiger partial charge >= 0.3 is 0 Å². The Morgan fingerprint density at radius 2 is 2.12 bits per heavy atom. The topological polar surface area (TPSA) is 51.8 Å². The second-order valence-electron chi connectivity index (χ2n) is 3.87. The minimum Gasteiger partial charge on any atom is -0.330 e. The van der Waals surface area contributed by atoms with Crippen molar-refractivity contribution in [1.82, 2.24) is 9.97 Å². The third-order valence-electron chi connectivity index (χ3n) is 2.54. The van der Waals surface area contributed by atoms with Crippen LogP contribution in [-0.4, -0.2) is 16.5 Å². The monoisotopic (exact) mass is 291 g/mol. The highest BCUT2D eigenvalue weighted by Gasteiger charge is 2.04. The standard InChI is InChI=1S/C13H14BrN3/c1-9-2-3-10(8-12(9)14)13-16-7-5-11(17-13)4-6-15/h2-3,5,7-8H,4,6,15H2,1H3. The van der Waals surface area contributed by atoms with Crippen LogP contribution in [0.4, 0.5) is 0 Å². The molecule has 0 spiro atoms. The van der Waals surface area contributed by atoms with Crippen LogP contribution in [0.2, 0.25) is 0 Å². The number of nitrogens with two attached hydrogens (primary N) is 1. The maximum atomic E-state index is 5.53. The number of rotatable bonds is 3. The van der Waals surface area contributed by atoms with Crippen molar-refractivity contribution in [2.75, 3.05) is 6.54 Å². The van der Waals surface area contributed by atoms with Gasteiger partial charge in [-0.25, -0.2) is 9.97 Å². The van der Waals surface area contributed by atoms with Gasteiger partial charge in [-0.3, -0.25) is 0 Å². The van der Waals surface area contributed by atoms with Crippen LogP contribution in [0, 0.1) is 6.92 Å². The smallest absolute Gasteiger partial charge is 0.159 e. The average Bonchev–Trinajstić information content (AvgIpc) is 2.33. The summed E-state index contributed by atoms with van der Waals surface area (Å²) >= 11 is 3.52. The first-order chi connectivity index (χ1) is 8.20. The number of aromatic nitrogens is 2. The van der Waals surface area contributed by atoms with Gasteiger partial charge in [0.25, 0.3) is 0 Å². The van der Waals surface area contributed by atoms with E-state index in [0.29, 0.717) is 6.54 Å². The third-order valence-corrected chi connectivity index (χ3v) is 3.40. The summed E-state index contributed by atoms with van der Waals surface area (Å²) in [5.74, 6) is 0.747. The van der Waals surface area contributed by atoms with Crippen LogP contribution in [0.15, 0.2) is 34.9 Å². The molecule has 4 heteroatoms. The molecule has 1 aromatic heterocycles. The summed E-state index contributed by atoms with van der Waals surface area (Å²) in [6, 6.07) is 8.02. The van der Waals surface area contributed by atoms with Gasteiger partial charge in [0, 0.05) is 28.3 Å². The van der Waals surface area contributed by atoms with E-state index < -0.39 is 0 Å². The summed E-state index contributed by atoms with van der Waals surface area (Å²) in [5, 5.41) is 0. The molecule has 0 fully saturated rings. The fraction of sp³-hybridized carbons (Fsp3) is 0.231. The Hall–Kier alpha value is -1.26. The Morgan fingerprint density at radius 1 is 1.29 bits per heavy atom. The van der Waals surface area contributed by atoms with E-state index in [1.165, 1.54) is 5.56 Å². The van der Waals surface area contributed by atoms with Gasteiger partial charge in [0.15, 0.2) is 5.82 Å². The van der Waals surface area contributed by atoms with Crippen molar-refractivity contribution in [3.63, 3.8) is 0 Å². The fourth-order valence-electron chi connectivity index (χ4n) is 1.55. The number of benzene rings is 1. The lowest BCUT2D eigenvalue weighted by Crippen LogP contribution is -2.05. The van der Waals surface area contributed by atoms with Gasteiger partial charge in [-0.05, 0) is 31.2 Å². The van der Waals surface area contributed by atoms with Crippen molar-refractivity contribution in [1.29, 1.82) is 0 Å². The van der Waals surface area contributed by atoms with Crippen LogP contribution < -0.4 is 5.73 Å². The van der Waals surface area contributed by atoms with E-state index in [1.54, 1.807) is 6.20 Å². The number of nitrogens with zero attached hydrogens (tertiary/aromatic N) is 2. The van der Waals surface area contributed by atoms with Gasteiger partial charge in [-0.1, -0.05) is 28.1 Å². The van der Waals surface area contributed by atoms with E-state index in [1.807, 2.05) is 18.2 Å². The van der Waals surface area contributed by atoms with Crippen molar-refractivity contribution in [3.05, 3.63) is 46.2 Å². The van der Waals surface area contributed by atoms with E-state index in [-0.39, 0.29) is 0 Å². The maximum absolute atomic E-state index is 5.53. The molecule has 0 unspecified atom stereocenters. The molecule has 2 rings (SSSR count). The Morgan fingerprint density at radius 3 is 2.82 bits per heavy atom. The predicted octanol–water partition coefficient (Wildman–Crippen LogP) is 2.72. The first-order valence-corrected chi connectivity index (χ1v) is 6.28. The van der Waals surface area contributed by atoms with Crippen LogP contribution in [-0.2, 0) is 6.42 Å². The minimum atomic E-state index is 0.605. The first kappa shape index (κ1) is 12.2. The van der Waals surface area contributed by atoms with Gasteiger partial charge in [0.1, 0.15) is 0 Å². The number of aryl methyl sites for hydroxylation is 1. The molecule has 17 heavy (non-hydrogen) atoms. The van der Waals surface area contributed by atoms with E-state index in [9.17, 15) is 0 Å². The van der Waals surface area contributed by atoms with E-state index in [4.69, 9.17) is 5.73 Å². The molecule has 0 aliphatic heterocycles. The molecule has 3 nitrogen and oxygen atoms in total. The van der Waals surface area contributed by atoms with Crippen molar-refractivity contribution in [2.24, 2.45) is 5.73 Å². The summed E-state index contributed by atoms with van der Waals surface area (Å²) in [4.78, 5) is 8.78. The van der Waals surface area contributed by atoms with Gasteiger partial charge < -0.3 is 5.73 Å². The van der Waals surface area contributed by atoms with Crippen LogP contribution in [0.5, 0.6) is 0 Å². The van der Waals surface area contributed by atoms with Gasteiger partial charge in [0.05, 0.1) is 0 Å². The van der Waals surface area contributed by atoms with Crippen molar-refractivity contribution in [2.45, 2.75) is 13.3 Å². The second-order valence-corrected chi connectivity index (χ2v) is 4.73. The molecule has 1 aromatic carbocycles. The maximum Gasteiger partial charge on any atom is 0.159 e. The minimum absolute atomic E-state index is 0.605. The Bertz CT molecular complexity index is 526. The molecular formula is C13H14BrN3. The molecule has 1 heterocycles. The number of hydrogen-bond acceptors (Lipinski definition) is 3. The molecule has 0 saturated heterocycles. The lowest BCUT2D eigenvalue weighted by Gasteiger charge is -2.05. The molecule has 0 atom stereocenters. The molecule has 0 aliphatic carbocycles. The first-order valence-electron chi connectivity index (χ1n) is 5.49. The molecule has 88 valence electrons. The largest absolute Gasteiger partial charge is 0.330 e. The number of halogens is 1. The zero-order valence-electron chi connectivity index (χ0n) is 9.65. The fourth-order valence-corrected chi connectivity index (χ4v) is 1.93. The van der Waals surface area contributed by atoms with Crippen LogP contribution >= 0.6 is 15.9 Å². The molecule has 0 radical (unpaired) electrons. The molecule has 0 saturated carbocycles. The summed E-state index contributed by atoms with van der Waals surface area (Å²) in [6.45, 7) is 2.66. The molecular weight excluding hydrogens is 278 g/mol. The molecule has 0 aliphatic rings. The lowest BCUT2D eigenvalue weighted by molar-refractivity contribution is 0.913. The quantitative estimate of drug-likeness (QED) is 0.946. The summed E-state index contributed by atoms with van der Waals surface area (Å²) in [5.41, 5.74) is 8.72. The molecule has 2 aromatic rings. The lowest BCUT2D eigenvalue weighted by atomic mass is 10.1. The van der Waals surface area contributed by atoms with Crippen LogP contribution in [0.25, 0.3) is 11.4 Å². The molecule has 0 bridgehead atoms. The molecule has 2 N–H and O–H groups in total. The van der Waals surface area contributed by atoms with Crippen LogP contribution in [0.1, 0.15) is 11.3 Å². The third kappa shape index (κ3) is 2.90. The summed E-state index contributed by atoms with van der Waals surface area (Å²) in [7, 11) is 0. The summed E-state index contributed by atoms with van der Waals surface area (Å²) in [6.07, 6.45) is 2.56. The zero-order chi connectivity index (χ0) is 12.3. The van der Waals surface area contributed by atoms with E-state index >= 15 is 0 Å². The highest BCUT2D eigenvalue weighted by atomic mass is 79.9.